The molecule has 106 valence electrons. The molecule has 19 heavy (non-hydrogen) atoms. The lowest BCUT2D eigenvalue weighted by Gasteiger charge is -2.15. The van der Waals surface area contributed by atoms with Crippen LogP contribution < -0.4 is 4.72 Å². The predicted octanol–water partition coefficient (Wildman–Crippen LogP) is 2.54. The lowest BCUT2D eigenvalue weighted by molar-refractivity contribution is 0.249. The van der Waals surface area contributed by atoms with Crippen molar-refractivity contribution in [1.82, 2.24) is 4.72 Å². The molecule has 0 aliphatic heterocycles. The van der Waals surface area contributed by atoms with Gasteiger partial charge < -0.3 is 5.11 Å². The molecular formula is C12H15BrClNO3S. The molecule has 0 spiro atoms. The van der Waals surface area contributed by atoms with Gasteiger partial charge >= 0.3 is 0 Å². The van der Waals surface area contributed by atoms with Crippen LogP contribution in [0.1, 0.15) is 19.3 Å². The molecular weight excluding hydrogens is 354 g/mol. The molecule has 2 N–H and O–H groups in total. The Kier molecular flexibility index (Phi) is 4.57. The van der Waals surface area contributed by atoms with Gasteiger partial charge in [-0.25, -0.2) is 13.1 Å². The monoisotopic (exact) mass is 367 g/mol. The van der Waals surface area contributed by atoms with Gasteiger partial charge in [0, 0.05) is 17.6 Å². The molecule has 0 radical (unpaired) electrons. The van der Waals surface area contributed by atoms with Crippen LogP contribution in [0.2, 0.25) is 5.02 Å². The summed E-state index contributed by atoms with van der Waals surface area (Å²) >= 11 is 9.19. The first-order valence-electron chi connectivity index (χ1n) is 5.94. The van der Waals surface area contributed by atoms with Crippen LogP contribution in [-0.2, 0) is 10.0 Å². The lowest BCUT2D eigenvalue weighted by atomic mass is 10.0. The van der Waals surface area contributed by atoms with E-state index in [0.717, 1.165) is 17.3 Å². The number of aliphatic hydroxyl groups is 1. The Balaban J connectivity index is 2.10. The third-order valence-corrected chi connectivity index (χ3v) is 5.80. The maximum Gasteiger partial charge on any atom is 0.242 e. The quantitative estimate of drug-likeness (QED) is 0.811. The van der Waals surface area contributed by atoms with E-state index in [0.29, 0.717) is 13.0 Å². The van der Waals surface area contributed by atoms with Crippen LogP contribution in [0.25, 0.3) is 0 Å². The Morgan fingerprint density at radius 3 is 2.63 bits per heavy atom. The molecule has 1 aromatic rings. The van der Waals surface area contributed by atoms with Gasteiger partial charge in [0.2, 0.25) is 10.0 Å². The van der Waals surface area contributed by atoms with Crippen LogP contribution in [0.3, 0.4) is 0 Å². The molecule has 1 fully saturated rings. The van der Waals surface area contributed by atoms with E-state index in [1.54, 1.807) is 12.1 Å². The van der Waals surface area contributed by atoms with E-state index in [4.69, 9.17) is 16.7 Å². The van der Waals surface area contributed by atoms with Crippen LogP contribution in [-0.4, -0.2) is 26.7 Å². The van der Waals surface area contributed by atoms with Gasteiger partial charge in [0.1, 0.15) is 4.90 Å². The van der Waals surface area contributed by atoms with Crippen LogP contribution >= 0.6 is 27.5 Å². The lowest BCUT2D eigenvalue weighted by Crippen LogP contribution is -2.31. The van der Waals surface area contributed by atoms with Gasteiger partial charge in [-0.15, -0.1) is 0 Å². The zero-order valence-electron chi connectivity index (χ0n) is 10.2. The summed E-state index contributed by atoms with van der Waals surface area (Å²) in [6.45, 7) is 0.434. The minimum atomic E-state index is -3.60. The maximum absolute atomic E-state index is 12.2. The third-order valence-electron chi connectivity index (χ3n) is 3.42. The van der Waals surface area contributed by atoms with Crippen LogP contribution in [0, 0.1) is 5.41 Å². The highest BCUT2D eigenvalue weighted by Gasteiger charge is 2.42. The number of hydrogen-bond acceptors (Lipinski definition) is 3. The largest absolute Gasteiger partial charge is 0.396 e. The Morgan fingerprint density at radius 1 is 1.42 bits per heavy atom. The summed E-state index contributed by atoms with van der Waals surface area (Å²) in [5, 5.41) is 9.15. The van der Waals surface area contributed by atoms with Crippen molar-refractivity contribution >= 4 is 37.6 Å². The zero-order chi connectivity index (χ0) is 14.1. The van der Waals surface area contributed by atoms with Crippen molar-refractivity contribution in [2.45, 2.75) is 24.2 Å². The molecule has 1 saturated carbocycles. The van der Waals surface area contributed by atoms with Crippen LogP contribution in [0.5, 0.6) is 0 Å². The summed E-state index contributed by atoms with van der Waals surface area (Å²) in [4.78, 5) is 0.0807. The normalized spacial score (nSPS) is 17.4. The summed E-state index contributed by atoms with van der Waals surface area (Å²) in [7, 11) is -3.60. The number of benzene rings is 1. The predicted molar refractivity (Wildman–Crippen MR) is 77.7 cm³/mol. The summed E-state index contributed by atoms with van der Waals surface area (Å²) in [6, 6.07) is 4.66. The highest BCUT2D eigenvalue weighted by atomic mass is 79.9. The third kappa shape index (κ3) is 3.70. The van der Waals surface area contributed by atoms with Crippen molar-refractivity contribution in [2.24, 2.45) is 5.41 Å². The Morgan fingerprint density at radius 2 is 2.11 bits per heavy atom. The van der Waals surface area contributed by atoms with E-state index in [9.17, 15) is 8.42 Å². The van der Waals surface area contributed by atoms with Crippen molar-refractivity contribution in [3.8, 4) is 0 Å². The second-order valence-electron chi connectivity index (χ2n) is 4.87. The Hall–Kier alpha value is -0.140. The average Bonchev–Trinajstić information content (AvgIpc) is 3.07. The fourth-order valence-electron chi connectivity index (χ4n) is 1.95. The van der Waals surface area contributed by atoms with Crippen LogP contribution in [0.15, 0.2) is 27.6 Å². The summed E-state index contributed by atoms with van der Waals surface area (Å²) < 4.78 is 27.7. The molecule has 0 bridgehead atoms. The Bertz CT molecular complexity index is 572. The maximum atomic E-state index is 12.2. The summed E-state index contributed by atoms with van der Waals surface area (Å²) in [6.07, 6.45) is 2.53. The van der Waals surface area contributed by atoms with E-state index in [-0.39, 0.29) is 21.9 Å². The molecule has 0 saturated heterocycles. The van der Waals surface area contributed by atoms with Gasteiger partial charge in [0.15, 0.2) is 0 Å². The number of sulfonamides is 1. The highest BCUT2D eigenvalue weighted by Crippen LogP contribution is 2.48. The van der Waals surface area contributed by atoms with Crippen molar-refractivity contribution in [1.29, 1.82) is 0 Å². The molecule has 2 rings (SSSR count). The molecule has 1 aliphatic rings. The smallest absolute Gasteiger partial charge is 0.242 e. The molecule has 0 amide bonds. The fourth-order valence-corrected chi connectivity index (χ4v) is 4.14. The number of nitrogens with one attached hydrogen (secondary N) is 1. The van der Waals surface area contributed by atoms with Crippen LogP contribution in [0.4, 0.5) is 0 Å². The molecule has 0 heterocycles. The Labute approximate surface area is 126 Å². The van der Waals surface area contributed by atoms with Gasteiger partial charge in [-0.1, -0.05) is 27.5 Å². The topological polar surface area (TPSA) is 66.4 Å². The summed E-state index contributed by atoms with van der Waals surface area (Å²) in [5.74, 6) is 0. The molecule has 7 heteroatoms. The van der Waals surface area contributed by atoms with E-state index in [2.05, 4.69) is 20.7 Å². The second kappa shape index (κ2) is 5.69. The summed E-state index contributed by atoms with van der Waals surface area (Å²) in [5.41, 5.74) is -0.0658. The SMILES string of the molecule is O=S(=O)(NCC1(CCO)CC1)c1ccc(Br)cc1Cl. The van der Waals surface area contributed by atoms with Crippen molar-refractivity contribution in [3.05, 3.63) is 27.7 Å². The fraction of sp³-hybridized carbons (Fsp3) is 0.500. The molecule has 1 aromatic carbocycles. The first-order valence-corrected chi connectivity index (χ1v) is 8.60. The van der Waals surface area contributed by atoms with E-state index in [1.165, 1.54) is 6.07 Å². The zero-order valence-corrected chi connectivity index (χ0v) is 13.4. The van der Waals surface area contributed by atoms with Gasteiger partial charge in [-0.05, 0) is 42.9 Å². The van der Waals surface area contributed by atoms with Gasteiger partial charge in [0.25, 0.3) is 0 Å². The number of halogens is 2. The number of aliphatic hydroxyl groups excluding tert-OH is 1. The van der Waals surface area contributed by atoms with Crippen molar-refractivity contribution in [2.75, 3.05) is 13.2 Å². The minimum Gasteiger partial charge on any atom is -0.396 e. The molecule has 4 nitrogen and oxygen atoms in total. The van der Waals surface area contributed by atoms with E-state index in [1.807, 2.05) is 0 Å². The van der Waals surface area contributed by atoms with Gasteiger partial charge in [-0.3, -0.25) is 0 Å². The van der Waals surface area contributed by atoms with Crippen molar-refractivity contribution < 1.29 is 13.5 Å². The van der Waals surface area contributed by atoms with E-state index >= 15 is 0 Å². The first kappa shape index (κ1) is 15.3. The molecule has 0 aromatic heterocycles. The van der Waals surface area contributed by atoms with Gasteiger partial charge in [0.05, 0.1) is 5.02 Å². The molecule has 0 atom stereocenters. The standard InChI is InChI=1S/C12H15BrClNO3S/c13-9-1-2-11(10(14)7-9)19(17,18)15-8-12(3-4-12)5-6-16/h1-2,7,15-16H,3-6,8H2. The molecule has 0 unspecified atom stereocenters. The second-order valence-corrected chi connectivity index (χ2v) is 7.93. The van der Waals surface area contributed by atoms with Gasteiger partial charge in [-0.2, -0.15) is 0 Å². The first-order chi connectivity index (χ1) is 8.88. The van der Waals surface area contributed by atoms with E-state index < -0.39 is 10.0 Å². The van der Waals surface area contributed by atoms with Crippen molar-refractivity contribution in [3.63, 3.8) is 0 Å². The molecule has 1 aliphatic carbocycles. The number of hydrogen-bond donors (Lipinski definition) is 2. The highest BCUT2D eigenvalue weighted by molar-refractivity contribution is 9.10. The minimum absolute atomic E-state index is 0.0658. The average molecular weight is 369 g/mol. The number of rotatable bonds is 6.